The van der Waals surface area contributed by atoms with Crippen LogP contribution in [0.15, 0.2) is 42.6 Å². The van der Waals surface area contributed by atoms with Crippen LogP contribution in [-0.4, -0.2) is 14.6 Å². The van der Waals surface area contributed by atoms with Crippen molar-refractivity contribution in [3.63, 3.8) is 0 Å². The Morgan fingerprint density at radius 3 is 2.55 bits per heavy atom. The van der Waals surface area contributed by atoms with Crippen molar-refractivity contribution in [1.82, 2.24) is 14.6 Å². The summed E-state index contributed by atoms with van der Waals surface area (Å²) in [6.45, 7) is 0. The summed E-state index contributed by atoms with van der Waals surface area (Å²) >= 11 is 0. The molecular formula is C13H9F3N4. The van der Waals surface area contributed by atoms with Crippen molar-refractivity contribution >= 4 is 11.3 Å². The molecule has 0 fully saturated rings. The largest absolute Gasteiger partial charge is 0.417 e. The lowest BCUT2D eigenvalue weighted by Crippen LogP contribution is -2.08. The average Bonchev–Trinajstić information content (AvgIpc) is 2.80. The van der Waals surface area contributed by atoms with E-state index in [0.29, 0.717) is 11.3 Å². The van der Waals surface area contributed by atoms with E-state index in [4.69, 9.17) is 5.73 Å². The molecule has 102 valence electrons. The monoisotopic (exact) mass is 278 g/mol. The van der Waals surface area contributed by atoms with Crippen LogP contribution in [0.4, 0.5) is 18.9 Å². The molecule has 2 N–H and O–H groups in total. The van der Waals surface area contributed by atoms with Gasteiger partial charge in [0.1, 0.15) is 0 Å². The van der Waals surface area contributed by atoms with Crippen LogP contribution in [0.2, 0.25) is 0 Å². The molecule has 2 heterocycles. The summed E-state index contributed by atoms with van der Waals surface area (Å²) in [5, 5.41) is 7.68. The minimum Gasteiger partial charge on any atom is -0.399 e. The topological polar surface area (TPSA) is 56.2 Å². The number of hydrogen-bond donors (Lipinski definition) is 1. The van der Waals surface area contributed by atoms with E-state index in [1.807, 2.05) is 0 Å². The Morgan fingerprint density at radius 1 is 1.05 bits per heavy atom. The first-order valence-corrected chi connectivity index (χ1v) is 5.73. The van der Waals surface area contributed by atoms with Gasteiger partial charge >= 0.3 is 6.18 Å². The molecule has 0 unspecified atom stereocenters. The maximum Gasteiger partial charge on any atom is 0.417 e. The van der Waals surface area contributed by atoms with E-state index in [2.05, 4.69) is 10.2 Å². The van der Waals surface area contributed by atoms with Crippen LogP contribution in [0, 0.1) is 0 Å². The Morgan fingerprint density at radius 2 is 1.80 bits per heavy atom. The predicted molar refractivity (Wildman–Crippen MR) is 67.8 cm³/mol. The van der Waals surface area contributed by atoms with Gasteiger partial charge in [0.25, 0.3) is 0 Å². The molecule has 0 atom stereocenters. The summed E-state index contributed by atoms with van der Waals surface area (Å²) in [5.41, 5.74) is 5.72. The van der Waals surface area contributed by atoms with Gasteiger partial charge in [0.15, 0.2) is 11.5 Å². The Hall–Kier alpha value is -2.57. The van der Waals surface area contributed by atoms with E-state index in [1.165, 1.54) is 22.6 Å². The highest BCUT2D eigenvalue weighted by Gasteiger charge is 2.34. The molecule has 0 aliphatic rings. The summed E-state index contributed by atoms with van der Waals surface area (Å²) in [6, 6.07) is 8.39. The van der Waals surface area contributed by atoms with Gasteiger partial charge in [-0.2, -0.15) is 13.2 Å². The second-order valence-corrected chi connectivity index (χ2v) is 4.26. The van der Waals surface area contributed by atoms with Crippen molar-refractivity contribution in [2.75, 3.05) is 5.73 Å². The SMILES string of the molecule is Nc1ccn2c(-c3ccccc3C(F)(F)F)nnc2c1. The van der Waals surface area contributed by atoms with Gasteiger partial charge in [0, 0.05) is 23.5 Å². The van der Waals surface area contributed by atoms with Crippen LogP contribution in [0.1, 0.15) is 5.56 Å². The first-order chi connectivity index (χ1) is 9.47. The van der Waals surface area contributed by atoms with Crippen LogP contribution >= 0.6 is 0 Å². The number of pyridine rings is 1. The number of aromatic nitrogens is 3. The van der Waals surface area contributed by atoms with Crippen molar-refractivity contribution in [2.24, 2.45) is 0 Å². The average molecular weight is 278 g/mol. The summed E-state index contributed by atoms with van der Waals surface area (Å²) in [6.07, 6.45) is -2.90. The Balaban J connectivity index is 2.27. The first-order valence-electron chi connectivity index (χ1n) is 5.73. The number of hydrogen-bond acceptors (Lipinski definition) is 3. The fraction of sp³-hybridized carbons (Fsp3) is 0.0769. The number of alkyl halides is 3. The highest BCUT2D eigenvalue weighted by atomic mass is 19.4. The lowest BCUT2D eigenvalue weighted by molar-refractivity contribution is -0.137. The fourth-order valence-electron chi connectivity index (χ4n) is 2.02. The number of halogens is 3. The zero-order chi connectivity index (χ0) is 14.3. The van der Waals surface area contributed by atoms with Crippen molar-refractivity contribution in [2.45, 2.75) is 6.18 Å². The number of fused-ring (bicyclic) bond motifs is 1. The molecule has 4 nitrogen and oxygen atoms in total. The lowest BCUT2D eigenvalue weighted by atomic mass is 10.1. The molecule has 0 aliphatic heterocycles. The Kier molecular flexibility index (Phi) is 2.63. The van der Waals surface area contributed by atoms with Crippen LogP contribution in [0.5, 0.6) is 0 Å². The smallest absolute Gasteiger partial charge is 0.399 e. The van der Waals surface area contributed by atoms with Crippen LogP contribution in [-0.2, 0) is 6.18 Å². The third-order valence-corrected chi connectivity index (χ3v) is 2.91. The standard InChI is InChI=1S/C13H9F3N4/c14-13(15,16)10-4-2-1-3-9(10)12-19-18-11-7-8(17)5-6-20(11)12/h1-7H,17H2. The quantitative estimate of drug-likeness (QED) is 0.744. The van der Waals surface area contributed by atoms with E-state index in [0.717, 1.165) is 6.07 Å². The van der Waals surface area contributed by atoms with Crippen LogP contribution in [0.3, 0.4) is 0 Å². The van der Waals surface area contributed by atoms with Crippen LogP contribution in [0.25, 0.3) is 17.0 Å². The zero-order valence-electron chi connectivity index (χ0n) is 10.1. The zero-order valence-corrected chi connectivity index (χ0v) is 10.1. The van der Waals surface area contributed by atoms with E-state index in [-0.39, 0.29) is 11.4 Å². The number of rotatable bonds is 1. The highest BCUT2D eigenvalue weighted by molar-refractivity contribution is 5.65. The van der Waals surface area contributed by atoms with E-state index in [1.54, 1.807) is 18.3 Å². The van der Waals surface area contributed by atoms with Gasteiger partial charge in [0.2, 0.25) is 0 Å². The van der Waals surface area contributed by atoms with Crippen molar-refractivity contribution in [1.29, 1.82) is 0 Å². The normalized spacial score (nSPS) is 11.9. The van der Waals surface area contributed by atoms with Gasteiger partial charge in [-0.15, -0.1) is 10.2 Å². The number of benzene rings is 1. The fourth-order valence-corrected chi connectivity index (χ4v) is 2.02. The number of nitrogen functional groups attached to an aromatic ring is 1. The second kappa shape index (κ2) is 4.22. The number of nitrogens with zero attached hydrogens (tertiary/aromatic N) is 3. The van der Waals surface area contributed by atoms with Gasteiger partial charge in [-0.05, 0) is 12.1 Å². The van der Waals surface area contributed by atoms with E-state index >= 15 is 0 Å². The third-order valence-electron chi connectivity index (χ3n) is 2.91. The van der Waals surface area contributed by atoms with Gasteiger partial charge in [-0.1, -0.05) is 18.2 Å². The van der Waals surface area contributed by atoms with Gasteiger partial charge < -0.3 is 5.73 Å². The van der Waals surface area contributed by atoms with Crippen molar-refractivity contribution < 1.29 is 13.2 Å². The first kappa shape index (κ1) is 12.5. The molecule has 0 amide bonds. The molecule has 0 radical (unpaired) electrons. The highest BCUT2D eigenvalue weighted by Crippen LogP contribution is 2.36. The third kappa shape index (κ3) is 1.97. The van der Waals surface area contributed by atoms with Gasteiger partial charge in [-0.3, -0.25) is 4.40 Å². The molecule has 2 aromatic heterocycles. The second-order valence-electron chi connectivity index (χ2n) is 4.26. The molecule has 3 aromatic rings. The lowest BCUT2D eigenvalue weighted by Gasteiger charge is -2.11. The van der Waals surface area contributed by atoms with E-state index in [9.17, 15) is 13.2 Å². The Labute approximate surface area is 111 Å². The van der Waals surface area contributed by atoms with Crippen molar-refractivity contribution in [3.8, 4) is 11.4 Å². The number of nitrogens with two attached hydrogens (primary N) is 1. The molecule has 3 rings (SSSR count). The molecule has 1 aromatic carbocycles. The minimum atomic E-state index is -4.45. The van der Waals surface area contributed by atoms with E-state index < -0.39 is 11.7 Å². The predicted octanol–water partition coefficient (Wildman–Crippen LogP) is 3.00. The molecule has 0 saturated heterocycles. The molecule has 0 saturated carbocycles. The summed E-state index contributed by atoms with van der Waals surface area (Å²) in [4.78, 5) is 0. The summed E-state index contributed by atoms with van der Waals surface area (Å²) in [5.74, 6) is 0.132. The van der Waals surface area contributed by atoms with Crippen LogP contribution < -0.4 is 5.73 Å². The maximum atomic E-state index is 13.0. The Bertz CT molecular complexity index is 777. The maximum absolute atomic E-state index is 13.0. The summed E-state index contributed by atoms with van der Waals surface area (Å²) in [7, 11) is 0. The molecule has 7 heteroatoms. The van der Waals surface area contributed by atoms with Gasteiger partial charge in [-0.25, -0.2) is 0 Å². The van der Waals surface area contributed by atoms with Gasteiger partial charge in [0.05, 0.1) is 5.56 Å². The minimum absolute atomic E-state index is 0.0164. The molecule has 0 bridgehead atoms. The molecule has 0 spiro atoms. The number of anilines is 1. The molecular weight excluding hydrogens is 269 g/mol. The molecule has 0 aliphatic carbocycles. The van der Waals surface area contributed by atoms with Crippen molar-refractivity contribution in [3.05, 3.63) is 48.2 Å². The molecule has 20 heavy (non-hydrogen) atoms. The summed E-state index contributed by atoms with van der Waals surface area (Å²) < 4.78 is 40.6.